The van der Waals surface area contributed by atoms with Crippen LogP contribution in [0.4, 0.5) is 5.69 Å². The van der Waals surface area contributed by atoms with Crippen LogP contribution in [-0.2, 0) is 32.6 Å². The summed E-state index contributed by atoms with van der Waals surface area (Å²) in [6.07, 6.45) is 0.201. The average molecular weight is 659 g/mol. The quantitative estimate of drug-likeness (QED) is 0.185. The van der Waals surface area contributed by atoms with E-state index in [0.717, 1.165) is 9.87 Å². The van der Waals surface area contributed by atoms with Gasteiger partial charge in [-0.05, 0) is 66.6 Å². The van der Waals surface area contributed by atoms with Gasteiger partial charge in [0, 0.05) is 24.5 Å². The van der Waals surface area contributed by atoms with E-state index in [2.05, 4.69) is 5.32 Å². The van der Waals surface area contributed by atoms with Crippen LogP contribution in [0.2, 0.25) is 15.1 Å². The van der Waals surface area contributed by atoms with Crippen molar-refractivity contribution >= 4 is 62.3 Å². The van der Waals surface area contributed by atoms with Gasteiger partial charge in [0.1, 0.15) is 12.6 Å². The summed E-state index contributed by atoms with van der Waals surface area (Å²) in [7, 11) is -4.19. The molecule has 0 saturated heterocycles. The monoisotopic (exact) mass is 657 g/mol. The Morgan fingerprint density at radius 3 is 2.02 bits per heavy atom. The Bertz CT molecular complexity index is 1650. The largest absolute Gasteiger partial charge is 0.355 e. The molecule has 1 atom stereocenters. The Labute approximate surface area is 267 Å². The Balaban J connectivity index is 1.80. The predicted octanol–water partition coefficient (Wildman–Crippen LogP) is 6.62. The van der Waals surface area contributed by atoms with Crippen molar-refractivity contribution in [3.63, 3.8) is 0 Å². The first-order chi connectivity index (χ1) is 20.6. The second-order valence-corrected chi connectivity index (χ2v) is 12.8. The third kappa shape index (κ3) is 8.30. The average Bonchev–Trinajstić information content (AvgIpc) is 3.01. The summed E-state index contributed by atoms with van der Waals surface area (Å²) in [5, 5.41) is 3.87. The van der Waals surface area contributed by atoms with Crippen molar-refractivity contribution in [1.82, 2.24) is 10.2 Å². The van der Waals surface area contributed by atoms with Crippen LogP contribution >= 0.6 is 34.8 Å². The summed E-state index contributed by atoms with van der Waals surface area (Å²) in [5.74, 6) is -0.962. The molecular weight excluding hydrogens is 629 g/mol. The van der Waals surface area contributed by atoms with Crippen molar-refractivity contribution in [2.24, 2.45) is 0 Å². The van der Waals surface area contributed by atoms with E-state index >= 15 is 0 Å². The van der Waals surface area contributed by atoms with Crippen molar-refractivity contribution in [2.45, 2.75) is 30.8 Å². The second kappa shape index (κ2) is 14.8. The minimum absolute atomic E-state index is 0.0124. The lowest BCUT2D eigenvalue weighted by Gasteiger charge is -2.34. The van der Waals surface area contributed by atoms with Crippen LogP contribution in [0.25, 0.3) is 0 Å². The summed E-state index contributed by atoms with van der Waals surface area (Å²) in [6, 6.07) is 27.3. The lowest BCUT2D eigenvalue weighted by molar-refractivity contribution is -0.140. The first-order valence-electron chi connectivity index (χ1n) is 13.5. The molecule has 2 amide bonds. The molecule has 4 aromatic rings. The summed E-state index contributed by atoms with van der Waals surface area (Å²) >= 11 is 18.5. The molecule has 0 aliphatic carbocycles. The van der Waals surface area contributed by atoms with E-state index in [4.69, 9.17) is 34.8 Å². The first-order valence-corrected chi connectivity index (χ1v) is 16.1. The van der Waals surface area contributed by atoms with E-state index in [0.29, 0.717) is 27.2 Å². The van der Waals surface area contributed by atoms with Crippen LogP contribution in [0, 0.1) is 0 Å². The third-order valence-corrected chi connectivity index (χ3v) is 9.46. The number of nitrogens with zero attached hydrogens (tertiary/aromatic N) is 2. The van der Waals surface area contributed by atoms with Gasteiger partial charge in [0.25, 0.3) is 10.0 Å². The maximum absolute atomic E-state index is 14.3. The Hall–Kier alpha value is -3.56. The lowest BCUT2D eigenvalue weighted by Crippen LogP contribution is -2.53. The molecule has 43 heavy (non-hydrogen) atoms. The molecule has 0 radical (unpaired) electrons. The summed E-state index contributed by atoms with van der Waals surface area (Å²) in [4.78, 5) is 29.2. The normalized spacial score (nSPS) is 11.9. The van der Waals surface area contributed by atoms with Crippen molar-refractivity contribution in [3.05, 3.63) is 129 Å². The topological polar surface area (TPSA) is 86.8 Å². The zero-order valence-electron chi connectivity index (χ0n) is 23.3. The van der Waals surface area contributed by atoms with Crippen LogP contribution < -0.4 is 9.62 Å². The number of hydrogen-bond donors (Lipinski definition) is 1. The molecule has 0 spiro atoms. The molecule has 224 valence electrons. The number of rotatable bonds is 12. The zero-order chi connectivity index (χ0) is 31.0. The molecule has 0 aliphatic rings. The molecule has 0 aromatic heterocycles. The standard InChI is InChI=1S/C32H30Cl3N3O4S/c1-2-36-32(40)30(20-23-9-5-3-6-10-23)37(21-24-13-18-28(34)29(35)19-24)31(39)22-38(26-16-14-25(33)15-17-26)43(41,42)27-11-7-4-8-12-27/h3-19,30H,2,20-22H2,1H3,(H,36,40). The number of amides is 2. The number of anilines is 1. The fourth-order valence-corrected chi connectivity index (χ4v) is 6.42. The number of hydrogen-bond acceptors (Lipinski definition) is 4. The van der Waals surface area contributed by atoms with Gasteiger partial charge in [-0.25, -0.2) is 8.42 Å². The highest BCUT2D eigenvalue weighted by atomic mass is 35.5. The second-order valence-electron chi connectivity index (χ2n) is 9.67. The Morgan fingerprint density at radius 2 is 1.42 bits per heavy atom. The molecule has 0 fully saturated rings. The highest BCUT2D eigenvalue weighted by Gasteiger charge is 2.34. The molecule has 0 bridgehead atoms. The number of carbonyl (C=O) groups excluding carboxylic acids is 2. The number of sulfonamides is 1. The maximum atomic E-state index is 14.3. The van der Waals surface area contributed by atoms with E-state index in [1.54, 1.807) is 55.5 Å². The molecule has 0 aliphatic heterocycles. The zero-order valence-corrected chi connectivity index (χ0v) is 26.4. The molecule has 4 rings (SSSR count). The van der Waals surface area contributed by atoms with E-state index in [-0.39, 0.29) is 29.5 Å². The van der Waals surface area contributed by atoms with E-state index in [1.807, 2.05) is 30.3 Å². The van der Waals surface area contributed by atoms with Crippen LogP contribution in [0.1, 0.15) is 18.1 Å². The predicted molar refractivity (Wildman–Crippen MR) is 172 cm³/mol. The maximum Gasteiger partial charge on any atom is 0.264 e. The Morgan fingerprint density at radius 1 is 0.791 bits per heavy atom. The molecule has 0 saturated carbocycles. The van der Waals surface area contributed by atoms with Gasteiger partial charge in [-0.1, -0.05) is 89.4 Å². The summed E-state index contributed by atoms with van der Waals surface area (Å²) in [5.41, 5.74) is 1.69. The minimum Gasteiger partial charge on any atom is -0.355 e. The Kier molecular flexibility index (Phi) is 11.1. The number of likely N-dealkylation sites (N-methyl/N-ethyl adjacent to an activating group) is 1. The fourth-order valence-electron chi connectivity index (χ4n) is 4.54. The van der Waals surface area contributed by atoms with E-state index in [1.165, 1.54) is 29.2 Å². The van der Waals surface area contributed by atoms with Gasteiger partial charge in [-0.3, -0.25) is 13.9 Å². The van der Waals surface area contributed by atoms with Crippen molar-refractivity contribution in [1.29, 1.82) is 0 Å². The molecule has 4 aromatic carbocycles. The van der Waals surface area contributed by atoms with Gasteiger partial charge < -0.3 is 10.2 Å². The minimum atomic E-state index is -4.19. The van der Waals surface area contributed by atoms with Gasteiger partial charge in [0.05, 0.1) is 20.6 Å². The number of benzene rings is 4. The van der Waals surface area contributed by atoms with Gasteiger partial charge in [0.15, 0.2) is 0 Å². The van der Waals surface area contributed by atoms with Crippen molar-refractivity contribution < 1.29 is 18.0 Å². The van der Waals surface area contributed by atoms with Crippen LogP contribution in [0.3, 0.4) is 0 Å². The molecule has 11 heteroatoms. The molecule has 1 N–H and O–H groups in total. The van der Waals surface area contributed by atoms with Crippen LogP contribution in [0.5, 0.6) is 0 Å². The highest BCUT2D eigenvalue weighted by molar-refractivity contribution is 7.92. The number of halogens is 3. The summed E-state index contributed by atoms with van der Waals surface area (Å²) < 4.78 is 28.9. The third-order valence-electron chi connectivity index (χ3n) is 6.68. The van der Waals surface area contributed by atoms with Crippen LogP contribution in [-0.4, -0.2) is 44.3 Å². The van der Waals surface area contributed by atoms with Gasteiger partial charge in [0.2, 0.25) is 11.8 Å². The number of nitrogens with one attached hydrogen (secondary N) is 1. The van der Waals surface area contributed by atoms with E-state index in [9.17, 15) is 18.0 Å². The van der Waals surface area contributed by atoms with Crippen molar-refractivity contribution in [3.8, 4) is 0 Å². The van der Waals surface area contributed by atoms with Gasteiger partial charge >= 0.3 is 0 Å². The van der Waals surface area contributed by atoms with E-state index < -0.39 is 28.5 Å². The highest BCUT2D eigenvalue weighted by Crippen LogP contribution is 2.27. The van der Waals surface area contributed by atoms with Crippen LogP contribution in [0.15, 0.2) is 108 Å². The molecule has 0 heterocycles. The smallest absolute Gasteiger partial charge is 0.264 e. The molecule has 1 unspecified atom stereocenters. The molecular formula is C32H30Cl3N3O4S. The van der Waals surface area contributed by atoms with Gasteiger partial charge in [-0.15, -0.1) is 0 Å². The lowest BCUT2D eigenvalue weighted by atomic mass is 10.0. The molecule has 7 nitrogen and oxygen atoms in total. The number of carbonyl (C=O) groups is 2. The fraction of sp³-hybridized carbons (Fsp3) is 0.188. The SMILES string of the molecule is CCNC(=O)C(Cc1ccccc1)N(Cc1ccc(Cl)c(Cl)c1)C(=O)CN(c1ccc(Cl)cc1)S(=O)(=O)c1ccccc1. The first kappa shape index (κ1) is 32.4. The van der Waals surface area contributed by atoms with Gasteiger partial charge in [-0.2, -0.15) is 0 Å². The van der Waals surface area contributed by atoms with Crippen molar-refractivity contribution in [2.75, 3.05) is 17.4 Å². The summed E-state index contributed by atoms with van der Waals surface area (Å²) in [6.45, 7) is 1.53.